The lowest BCUT2D eigenvalue weighted by molar-refractivity contribution is 0.670. The molecule has 0 fully saturated rings. The summed E-state index contributed by atoms with van der Waals surface area (Å²) in [4.78, 5) is 5.27. The van der Waals surface area contributed by atoms with Gasteiger partial charge in [0.25, 0.3) is 0 Å². The zero-order valence-electron chi connectivity index (χ0n) is 26.6. The second-order valence-electron chi connectivity index (χ2n) is 12.7. The molecule has 0 amide bonds. The van der Waals surface area contributed by atoms with Crippen LogP contribution in [0.2, 0.25) is 0 Å². The molecule has 0 aliphatic heterocycles. The number of rotatable bonds is 4. The summed E-state index contributed by atoms with van der Waals surface area (Å²) in [6.45, 7) is 0. The highest BCUT2D eigenvalue weighted by atomic mass is 16.3. The molecule has 0 saturated heterocycles. The van der Waals surface area contributed by atoms with E-state index in [1.165, 1.54) is 43.6 Å². The number of nitrogens with zero attached hydrogens (tertiary/aromatic N) is 1. The lowest BCUT2D eigenvalue weighted by atomic mass is 9.94. The average Bonchev–Trinajstić information content (AvgIpc) is 3.56. The molecule has 0 N–H and O–H groups in total. The van der Waals surface area contributed by atoms with E-state index in [2.05, 4.69) is 176 Å². The van der Waals surface area contributed by atoms with E-state index < -0.39 is 0 Å². The molecule has 10 rings (SSSR count). The van der Waals surface area contributed by atoms with Gasteiger partial charge in [0, 0.05) is 32.7 Å². The summed E-state index contributed by atoms with van der Waals surface area (Å²) in [5, 5.41) is 8.31. The van der Waals surface area contributed by atoms with E-state index in [1.807, 2.05) is 0 Å². The third-order valence-corrected chi connectivity index (χ3v) is 9.86. The Balaban J connectivity index is 1.13. The number of pyridine rings is 1. The highest BCUT2D eigenvalue weighted by Crippen LogP contribution is 2.41. The van der Waals surface area contributed by atoms with Gasteiger partial charge in [0.05, 0.1) is 11.2 Å². The monoisotopic (exact) mass is 623 g/mol. The van der Waals surface area contributed by atoms with Crippen LogP contribution in [0.25, 0.3) is 99.0 Å². The molecule has 0 aliphatic carbocycles. The van der Waals surface area contributed by atoms with Crippen molar-refractivity contribution in [3.63, 3.8) is 0 Å². The highest BCUT2D eigenvalue weighted by Gasteiger charge is 2.17. The molecule has 0 unspecified atom stereocenters. The second kappa shape index (κ2) is 11.0. The molecule has 2 heteroatoms. The van der Waals surface area contributed by atoms with E-state index in [-0.39, 0.29) is 0 Å². The summed E-state index contributed by atoms with van der Waals surface area (Å²) >= 11 is 0. The number of hydrogen-bond acceptors (Lipinski definition) is 2. The third-order valence-electron chi connectivity index (χ3n) is 9.86. The third kappa shape index (κ3) is 4.53. The van der Waals surface area contributed by atoms with Gasteiger partial charge in [0.1, 0.15) is 11.2 Å². The summed E-state index contributed by atoms with van der Waals surface area (Å²) in [6, 6.07) is 62.5. The maximum atomic E-state index is 6.65. The number of benzene rings is 8. The molecule has 0 atom stereocenters. The fourth-order valence-electron chi connectivity index (χ4n) is 7.44. The Bertz CT molecular complexity index is 2810. The van der Waals surface area contributed by atoms with Gasteiger partial charge in [-0.1, -0.05) is 140 Å². The normalized spacial score (nSPS) is 11.7. The second-order valence-corrected chi connectivity index (χ2v) is 12.7. The van der Waals surface area contributed by atoms with Crippen LogP contribution in [0, 0.1) is 0 Å². The van der Waals surface area contributed by atoms with Gasteiger partial charge in [-0.05, 0) is 80.4 Å². The molecular formula is C47H29NO. The zero-order chi connectivity index (χ0) is 32.3. The van der Waals surface area contributed by atoms with Crippen molar-refractivity contribution in [2.45, 2.75) is 0 Å². The Morgan fingerprint density at radius 1 is 0.327 bits per heavy atom. The van der Waals surface area contributed by atoms with E-state index in [1.54, 1.807) is 0 Å². The summed E-state index contributed by atoms with van der Waals surface area (Å²) in [5.41, 5.74) is 11.7. The number of aromatic nitrogens is 1. The van der Waals surface area contributed by atoms with E-state index in [0.29, 0.717) is 0 Å². The molecular weight excluding hydrogens is 595 g/mol. The van der Waals surface area contributed by atoms with E-state index in [0.717, 1.165) is 55.4 Å². The number of hydrogen-bond donors (Lipinski definition) is 0. The Labute approximate surface area is 283 Å². The topological polar surface area (TPSA) is 26.0 Å². The molecule has 0 bridgehead atoms. The van der Waals surface area contributed by atoms with Crippen LogP contribution in [-0.2, 0) is 0 Å². The maximum Gasteiger partial charge on any atom is 0.143 e. The smallest absolute Gasteiger partial charge is 0.143 e. The predicted molar refractivity (Wildman–Crippen MR) is 206 cm³/mol. The maximum absolute atomic E-state index is 6.65. The summed E-state index contributed by atoms with van der Waals surface area (Å²) in [6.07, 6.45) is 0. The Kier molecular flexibility index (Phi) is 6.22. The molecule has 49 heavy (non-hydrogen) atoms. The van der Waals surface area contributed by atoms with Crippen molar-refractivity contribution < 1.29 is 4.42 Å². The number of furan rings is 1. The molecule has 0 radical (unpaired) electrons. The van der Waals surface area contributed by atoms with Crippen molar-refractivity contribution in [2.75, 3.05) is 0 Å². The molecule has 2 aromatic heterocycles. The van der Waals surface area contributed by atoms with Crippen LogP contribution in [0.4, 0.5) is 0 Å². The van der Waals surface area contributed by atoms with Crippen LogP contribution in [0.15, 0.2) is 180 Å². The average molecular weight is 624 g/mol. The first-order valence-corrected chi connectivity index (χ1v) is 16.7. The summed E-state index contributed by atoms with van der Waals surface area (Å²) < 4.78 is 6.65. The quantitative estimate of drug-likeness (QED) is 0.182. The lowest BCUT2D eigenvalue weighted by Gasteiger charge is -2.12. The Morgan fingerprint density at radius 3 is 1.55 bits per heavy atom. The van der Waals surface area contributed by atoms with Gasteiger partial charge in [0.15, 0.2) is 0 Å². The predicted octanol–water partition coefficient (Wildman–Crippen LogP) is 13.1. The first-order chi connectivity index (χ1) is 24.3. The molecule has 10 aromatic rings. The van der Waals surface area contributed by atoms with Gasteiger partial charge in [-0.2, -0.15) is 0 Å². The minimum Gasteiger partial charge on any atom is -0.455 e. The van der Waals surface area contributed by atoms with E-state index in [9.17, 15) is 0 Å². The molecule has 228 valence electrons. The van der Waals surface area contributed by atoms with Crippen LogP contribution < -0.4 is 0 Å². The van der Waals surface area contributed by atoms with Crippen LogP contribution >= 0.6 is 0 Å². The molecule has 8 aromatic carbocycles. The highest BCUT2D eigenvalue weighted by molar-refractivity contribution is 6.24. The Hall–Kier alpha value is -6.51. The van der Waals surface area contributed by atoms with Crippen molar-refractivity contribution in [3.8, 4) is 44.6 Å². The lowest BCUT2D eigenvalue weighted by Crippen LogP contribution is -1.89. The Morgan fingerprint density at radius 2 is 0.857 bits per heavy atom. The van der Waals surface area contributed by atoms with Gasteiger partial charge in [-0.15, -0.1) is 0 Å². The summed E-state index contributed by atoms with van der Waals surface area (Å²) in [5.74, 6) is 0. The molecule has 0 spiro atoms. The van der Waals surface area contributed by atoms with Gasteiger partial charge in [-0.3, -0.25) is 0 Å². The molecule has 2 nitrogen and oxygen atoms in total. The minimum absolute atomic E-state index is 0.887. The van der Waals surface area contributed by atoms with Crippen molar-refractivity contribution in [1.82, 2.24) is 4.98 Å². The SMILES string of the molecule is c1ccc(-c2ccc3oc4c(-c5ccc(-c6ccc7c8ccccc8c8ccccc8c7n6)cc5)cc(-c5ccccc5)cc4c3c2)cc1. The van der Waals surface area contributed by atoms with Crippen LogP contribution in [-0.4, -0.2) is 4.98 Å². The first kappa shape index (κ1) is 27.6. The fraction of sp³-hybridized carbons (Fsp3) is 0. The fourth-order valence-corrected chi connectivity index (χ4v) is 7.44. The first-order valence-electron chi connectivity index (χ1n) is 16.7. The van der Waals surface area contributed by atoms with Gasteiger partial charge in [-0.25, -0.2) is 4.98 Å². The van der Waals surface area contributed by atoms with Crippen LogP contribution in [0.1, 0.15) is 0 Å². The summed E-state index contributed by atoms with van der Waals surface area (Å²) in [7, 11) is 0. The van der Waals surface area contributed by atoms with Crippen molar-refractivity contribution in [3.05, 3.63) is 176 Å². The zero-order valence-corrected chi connectivity index (χ0v) is 26.6. The van der Waals surface area contributed by atoms with Crippen molar-refractivity contribution in [1.29, 1.82) is 0 Å². The number of fused-ring (bicyclic) bond motifs is 9. The van der Waals surface area contributed by atoms with Crippen molar-refractivity contribution in [2.24, 2.45) is 0 Å². The van der Waals surface area contributed by atoms with E-state index >= 15 is 0 Å². The minimum atomic E-state index is 0.887. The van der Waals surface area contributed by atoms with Crippen LogP contribution in [0.3, 0.4) is 0 Å². The van der Waals surface area contributed by atoms with Gasteiger partial charge < -0.3 is 4.42 Å². The standard InChI is InChI=1S/C47H29NO/c1-3-11-30(12-4-1)34-23-26-45-42(27-34)43-29-35(31-13-5-2-6-14-31)28-41(47(43)49-45)32-19-21-33(22-20-32)44-25-24-40-38-17-8-7-15-36(38)37-16-9-10-18-39(37)46(40)48-44/h1-29H. The molecule has 0 aliphatic rings. The largest absolute Gasteiger partial charge is 0.455 e. The molecule has 0 saturated carbocycles. The molecule has 2 heterocycles. The van der Waals surface area contributed by atoms with E-state index in [4.69, 9.17) is 9.40 Å². The van der Waals surface area contributed by atoms with Crippen LogP contribution in [0.5, 0.6) is 0 Å². The van der Waals surface area contributed by atoms with Gasteiger partial charge in [0.2, 0.25) is 0 Å². The van der Waals surface area contributed by atoms with Crippen molar-refractivity contribution >= 4 is 54.4 Å². The van der Waals surface area contributed by atoms with Gasteiger partial charge >= 0.3 is 0 Å².